The number of thiophene rings is 1. The molecule has 0 radical (unpaired) electrons. The highest BCUT2D eigenvalue weighted by molar-refractivity contribution is 7.10. The Bertz CT molecular complexity index is 799. The molecule has 24 heavy (non-hydrogen) atoms. The average molecular weight is 362 g/mol. The molecular weight excluding hydrogens is 346 g/mol. The molecule has 0 bridgehead atoms. The van der Waals surface area contributed by atoms with Gasteiger partial charge in [-0.1, -0.05) is 29.8 Å². The van der Waals surface area contributed by atoms with Crippen molar-refractivity contribution >= 4 is 40.9 Å². The third kappa shape index (κ3) is 3.23. The molecule has 0 saturated carbocycles. The van der Waals surface area contributed by atoms with Crippen LogP contribution in [0.4, 0.5) is 0 Å². The Labute approximate surface area is 149 Å². The minimum Gasteiger partial charge on any atom is -0.467 e. The maximum Gasteiger partial charge on any atom is 0.333 e. The van der Waals surface area contributed by atoms with Gasteiger partial charge in [0.15, 0.2) is 6.04 Å². The van der Waals surface area contributed by atoms with Gasteiger partial charge in [-0.25, -0.2) is 4.79 Å². The molecule has 1 aliphatic heterocycles. The Morgan fingerprint density at radius 2 is 2.12 bits per heavy atom. The van der Waals surface area contributed by atoms with E-state index in [0.717, 1.165) is 22.4 Å². The molecule has 0 aliphatic carbocycles. The number of methoxy groups -OCH3 is 1. The molecule has 1 aromatic carbocycles. The van der Waals surface area contributed by atoms with Gasteiger partial charge in [0.1, 0.15) is 0 Å². The van der Waals surface area contributed by atoms with Gasteiger partial charge in [0, 0.05) is 22.5 Å². The highest BCUT2D eigenvalue weighted by Gasteiger charge is 2.36. The molecule has 2 aromatic rings. The van der Waals surface area contributed by atoms with Gasteiger partial charge in [-0.2, -0.15) is 0 Å². The van der Waals surface area contributed by atoms with E-state index in [9.17, 15) is 9.59 Å². The summed E-state index contributed by atoms with van der Waals surface area (Å²) >= 11 is 7.70. The van der Waals surface area contributed by atoms with Crippen molar-refractivity contribution in [3.8, 4) is 0 Å². The summed E-state index contributed by atoms with van der Waals surface area (Å²) in [5.74, 6) is -0.656. The number of fused-ring (bicyclic) bond motifs is 1. The van der Waals surface area contributed by atoms with E-state index in [0.29, 0.717) is 11.6 Å². The van der Waals surface area contributed by atoms with Gasteiger partial charge in [0.2, 0.25) is 5.91 Å². The minimum absolute atomic E-state index is 0.234. The lowest BCUT2D eigenvalue weighted by Crippen LogP contribution is -2.42. The van der Waals surface area contributed by atoms with Crippen LogP contribution in [0.2, 0.25) is 5.02 Å². The van der Waals surface area contributed by atoms with Crippen LogP contribution in [0.3, 0.4) is 0 Å². The fraction of sp³-hybridized carbons (Fsp3) is 0.222. The quantitative estimate of drug-likeness (QED) is 0.618. The van der Waals surface area contributed by atoms with Crippen LogP contribution < -0.4 is 0 Å². The van der Waals surface area contributed by atoms with E-state index in [1.807, 2.05) is 29.6 Å². The fourth-order valence-electron chi connectivity index (χ4n) is 2.79. The van der Waals surface area contributed by atoms with Gasteiger partial charge in [0.25, 0.3) is 0 Å². The maximum atomic E-state index is 12.6. The first-order chi connectivity index (χ1) is 11.6. The van der Waals surface area contributed by atoms with Gasteiger partial charge in [0.05, 0.1) is 7.11 Å². The summed E-state index contributed by atoms with van der Waals surface area (Å²) in [6, 6.07) is 8.48. The van der Waals surface area contributed by atoms with E-state index in [1.165, 1.54) is 13.2 Å². The summed E-state index contributed by atoms with van der Waals surface area (Å²) < 4.78 is 4.90. The van der Waals surface area contributed by atoms with E-state index in [4.69, 9.17) is 16.3 Å². The molecule has 0 fully saturated rings. The number of amides is 1. The summed E-state index contributed by atoms with van der Waals surface area (Å²) in [4.78, 5) is 27.5. The predicted octanol–water partition coefficient (Wildman–Crippen LogP) is 3.71. The first-order valence-electron chi connectivity index (χ1n) is 7.49. The lowest BCUT2D eigenvalue weighted by Gasteiger charge is -2.33. The molecule has 1 unspecified atom stereocenters. The van der Waals surface area contributed by atoms with Crippen molar-refractivity contribution in [1.82, 2.24) is 4.90 Å². The third-order valence-corrected chi connectivity index (χ3v) is 5.32. The summed E-state index contributed by atoms with van der Waals surface area (Å²) in [5.41, 5.74) is 1.62. The zero-order valence-electron chi connectivity index (χ0n) is 13.1. The number of rotatable bonds is 3. The summed E-state index contributed by atoms with van der Waals surface area (Å²) in [6.45, 7) is 0.485. The maximum absolute atomic E-state index is 12.6. The van der Waals surface area contributed by atoms with Crippen molar-refractivity contribution < 1.29 is 14.3 Å². The first-order valence-corrected chi connectivity index (χ1v) is 8.75. The highest BCUT2D eigenvalue weighted by Crippen LogP contribution is 2.34. The van der Waals surface area contributed by atoms with E-state index in [2.05, 4.69) is 0 Å². The third-order valence-electron chi connectivity index (χ3n) is 3.98. The molecule has 0 saturated heterocycles. The molecule has 1 atom stereocenters. The zero-order chi connectivity index (χ0) is 17.1. The highest BCUT2D eigenvalue weighted by atomic mass is 35.5. The van der Waals surface area contributed by atoms with Crippen LogP contribution in [0.1, 0.15) is 22.0 Å². The van der Waals surface area contributed by atoms with Crippen LogP contribution in [-0.2, 0) is 20.7 Å². The number of benzene rings is 1. The molecule has 3 rings (SSSR count). The summed E-state index contributed by atoms with van der Waals surface area (Å²) in [7, 11) is 1.34. The van der Waals surface area contributed by atoms with E-state index < -0.39 is 12.0 Å². The van der Waals surface area contributed by atoms with Crippen LogP contribution in [0.25, 0.3) is 6.08 Å². The van der Waals surface area contributed by atoms with Crippen molar-refractivity contribution in [2.24, 2.45) is 0 Å². The van der Waals surface area contributed by atoms with Crippen molar-refractivity contribution in [2.75, 3.05) is 13.7 Å². The molecule has 1 amide bonds. The molecule has 0 spiro atoms. The predicted molar refractivity (Wildman–Crippen MR) is 95.0 cm³/mol. The van der Waals surface area contributed by atoms with Crippen LogP contribution in [-0.4, -0.2) is 30.4 Å². The Hall–Kier alpha value is -2.11. The second kappa shape index (κ2) is 7.20. The number of carbonyl (C=O) groups is 2. The number of hydrogen-bond acceptors (Lipinski definition) is 4. The molecule has 0 N–H and O–H groups in total. The van der Waals surface area contributed by atoms with Gasteiger partial charge in [-0.3, -0.25) is 4.79 Å². The number of halogens is 1. The summed E-state index contributed by atoms with van der Waals surface area (Å²) in [5, 5.41) is 2.51. The second-order valence-electron chi connectivity index (χ2n) is 5.36. The van der Waals surface area contributed by atoms with Crippen molar-refractivity contribution in [2.45, 2.75) is 12.5 Å². The van der Waals surface area contributed by atoms with Crippen LogP contribution in [0.5, 0.6) is 0 Å². The minimum atomic E-state index is -0.687. The monoisotopic (exact) mass is 361 g/mol. The van der Waals surface area contributed by atoms with Crippen LogP contribution in [0, 0.1) is 0 Å². The Morgan fingerprint density at radius 1 is 1.33 bits per heavy atom. The van der Waals surface area contributed by atoms with Crippen molar-refractivity contribution in [3.63, 3.8) is 0 Å². The fourth-order valence-corrected chi connectivity index (χ4v) is 3.89. The van der Waals surface area contributed by atoms with Gasteiger partial charge in [-0.05, 0) is 41.1 Å². The number of nitrogens with zero attached hydrogens (tertiary/aromatic N) is 1. The van der Waals surface area contributed by atoms with Gasteiger partial charge in [-0.15, -0.1) is 11.3 Å². The standard InChI is InChI=1S/C18H16ClNO3S/c1-23-18(22)17-13-9-11-24-15(13)8-10-20(17)16(21)7-6-12-4-2-3-5-14(12)19/h2-7,9,11,17H,8,10H2,1H3/b7-6+. The van der Waals surface area contributed by atoms with E-state index in [-0.39, 0.29) is 5.91 Å². The normalized spacial score (nSPS) is 16.9. The van der Waals surface area contributed by atoms with Crippen LogP contribution in [0.15, 0.2) is 41.8 Å². The Morgan fingerprint density at radius 3 is 2.88 bits per heavy atom. The smallest absolute Gasteiger partial charge is 0.333 e. The SMILES string of the molecule is COC(=O)C1c2ccsc2CCN1C(=O)/C=C/c1ccccc1Cl. The number of carbonyl (C=O) groups excluding carboxylic acids is 2. The van der Waals surface area contributed by atoms with Crippen LogP contribution >= 0.6 is 22.9 Å². The van der Waals surface area contributed by atoms with Crippen molar-refractivity contribution in [3.05, 3.63) is 62.8 Å². The largest absolute Gasteiger partial charge is 0.467 e. The second-order valence-corrected chi connectivity index (χ2v) is 6.77. The average Bonchev–Trinajstić information content (AvgIpc) is 3.07. The Kier molecular flexibility index (Phi) is 5.02. The number of ether oxygens (including phenoxy) is 1. The topological polar surface area (TPSA) is 46.6 Å². The molecular formula is C18H16ClNO3S. The first kappa shape index (κ1) is 16.7. The molecule has 1 aromatic heterocycles. The summed E-state index contributed by atoms with van der Waals surface area (Å²) in [6.07, 6.45) is 3.86. The van der Waals surface area contributed by atoms with E-state index >= 15 is 0 Å². The molecule has 1 aliphatic rings. The lowest BCUT2D eigenvalue weighted by molar-refractivity contribution is -0.152. The molecule has 124 valence electrons. The molecule has 6 heteroatoms. The number of hydrogen-bond donors (Lipinski definition) is 0. The van der Waals surface area contributed by atoms with Gasteiger partial charge >= 0.3 is 5.97 Å². The zero-order valence-corrected chi connectivity index (χ0v) is 14.6. The Balaban J connectivity index is 1.86. The number of esters is 1. The van der Waals surface area contributed by atoms with Crippen molar-refractivity contribution in [1.29, 1.82) is 0 Å². The van der Waals surface area contributed by atoms with E-state index in [1.54, 1.807) is 28.4 Å². The molecule has 4 nitrogen and oxygen atoms in total. The van der Waals surface area contributed by atoms with Gasteiger partial charge < -0.3 is 9.64 Å². The lowest BCUT2D eigenvalue weighted by atomic mass is 9.99. The molecule has 2 heterocycles.